The first-order chi connectivity index (χ1) is 10.5. The molecule has 0 N–H and O–H groups in total. The Morgan fingerprint density at radius 3 is 2.82 bits per heavy atom. The lowest BCUT2D eigenvalue weighted by molar-refractivity contribution is -0.286. The molecule has 5 nitrogen and oxygen atoms in total. The zero-order valence-corrected chi connectivity index (χ0v) is 11.5. The van der Waals surface area contributed by atoms with E-state index in [1.807, 2.05) is 0 Å². The molecule has 1 aromatic carbocycles. The number of hydrogen-bond acceptors (Lipinski definition) is 4. The van der Waals surface area contributed by atoms with Crippen LogP contribution in [0.5, 0.6) is 11.5 Å². The van der Waals surface area contributed by atoms with E-state index in [9.17, 15) is 13.6 Å². The Balaban J connectivity index is 1.69. The molecule has 1 aliphatic carbocycles. The molecule has 0 radical (unpaired) electrons. The minimum atomic E-state index is -3.67. The summed E-state index contributed by atoms with van der Waals surface area (Å²) in [6, 6.07) is 7.77. The molecule has 1 fully saturated rings. The number of aromatic nitrogens is 2. The minimum Gasteiger partial charge on any atom is -0.395 e. The first-order valence-electron chi connectivity index (χ1n) is 6.98. The number of halogens is 2. The van der Waals surface area contributed by atoms with Crippen LogP contribution in [0.1, 0.15) is 30.0 Å². The molecule has 2 aliphatic rings. The second kappa shape index (κ2) is 4.53. The monoisotopic (exact) mass is 306 g/mol. The van der Waals surface area contributed by atoms with Gasteiger partial charge in [0.25, 0.3) is 5.56 Å². The molecule has 2 aromatic rings. The van der Waals surface area contributed by atoms with E-state index in [1.54, 1.807) is 18.2 Å². The van der Waals surface area contributed by atoms with Crippen LogP contribution in [0.25, 0.3) is 0 Å². The van der Waals surface area contributed by atoms with Crippen molar-refractivity contribution in [2.75, 3.05) is 0 Å². The van der Waals surface area contributed by atoms with Crippen molar-refractivity contribution in [3.63, 3.8) is 0 Å². The van der Waals surface area contributed by atoms with Crippen LogP contribution in [0.2, 0.25) is 0 Å². The summed E-state index contributed by atoms with van der Waals surface area (Å²) < 4.78 is 36.6. The van der Waals surface area contributed by atoms with Crippen LogP contribution in [0, 0.1) is 0 Å². The van der Waals surface area contributed by atoms with E-state index in [0.717, 1.165) is 18.5 Å². The van der Waals surface area contributed by atoms with Gasteiger partial charge in [0, 0.05) is 17.5 Å². The van der Waals surface area contributed by atoms with Gasteiger partial charge in [-0.15, -0.1) is 8.78 Å². The highest BCUT2D eigenvalue weighted by atomic mass is 19.3. The van der Waals surface area contributed by atoms with Gasteiger partial charge in [0.1, 0.15) is 0 Å². The van der Waals surface area contributed by atoms with Gasteiger partial charge in [-0.05, 0) is 25.0 Å². The lowest BCUT2D eigenvalue weighted by Gasteiger charge is -2.09. The number of benzene rings is 1. The Kier molecular flexibility index (Phi) is 2.72. The van der Waals surface area contributed by atoms with E-state index >= 15 is 0 Å². The molecular weight excluding hydrogens is 294 g/mol. The van der Waals surface area contributed by atoms with Gasteiger partial charge in [-0.25, -0.2) is 4.68 Å². The van der Waals surface area contributed by atoms with Crippen LogP contribution < -0.4 is 15.0 Å². The molecule has 22 heavy (non-hydrogen) atoms. The third-order valence-corrected chi connectivity index (χ3v) is 3.71. The maximum Gasteiger partial charge on any atom is 0.586 e. The van der Waals surface area contributed by atoms with Gasteiger partial charge in [0.15, 0.2) is 11.5 Å². The predicted octanol–water partition coefficient (Wildman–Crippen LogP) is 2.49. The summed E-state index contributed by atoms with van der Waals surface area (Å²) in [7, 11) is 0. The summed E-state index contributed by atoms with van der Waals surface area (Å²) in [6.45, 7) is 0.0575. The van der Waals surface area contributed by atoms with Crippen LogP contribution >= 0.6 is 0 Å². The zero-order chi connectivity index (χ0) is 15.3. The molecule has 7 heteroatoms. The average molecular weight is 306 g/mol. The number of hydrogen-bond donors (Lipinski definition) is 0. The van der Waals surface area contributed by atoms with Crippen molar-refractivity contribution >= 4 is 0 Å². The Morgan fingerprint density at radius 2 is 2.05 bits per heavy atom. The second-order valence-electron chi connectivity index (χ2n) is 5.44. The van der Waals surface area contributed by atoms with Crippen molar-refractivity contribution in [3.05, 3.63) is 51.9 Å². The van der Waals surface area contributed by atoms with Gasteiger partial charge in [0.05, 0.1) is 12.2 Å². The Bertz CT molecular complexity index is 800. The topological polar surface area (TPSA) is 53.4 Å². The molecule has 0 bridgehead atoms. The van der Waals surface area contributed by atoms with E-state index < -0.39 is 6.29 Å². The fourth-order valence-corrected chi connectivity index (χ4v) is 2.49. The molecular formula is C15H12F2N2O3. The molecule has 0 unspecified atom stereocenters. The van der Waals surface area contributed by atoms with Crippen LogP contribution in [0.3, 0.4) is 0 Å². The lowest BCUT2D eigenvalue weighted by Crippen LogP contribution is -2.26. The molecule has 4 rings (SSSR count). The molecule has 0 saturated heterocycles. The SMILES string of the molecule is O=c1ccc(C2CC2)nn1Cc1cccc2c1OC(F)(F)O2. The van der Waals surface area contributed by atoms with Crippen LogP contribution in [0.15, 0.2) is 35.1 Å². The molecule has 1 saturated carbocycles. The lowest BCUT2D eigenvalue weighted by atomic mass is 10.2. The first kappa shape index (κ1) is 13.2. The summed E-state index contributed by atoms with van der Waals surface area (Å²) in [5, 5.41) is 4.31. The maximum absolute atomic E-state index is 13.2. The van der Waals surface area contributed by atoms with Crippen molar-refractivity contribution in [1.82, 2.24) is 9.78 Å². The predicted molar refractivity (Wildman–Crippen MR) is 72.2 cm³/mol. The molecule has 1 aromatic heterocycles. The third-order valence-electron chi connectivity index (χ3n) is 3.71. The van der Waals surface area contributed by atoms with Gasteiger partial charge in [0.2, 0.25) is 0 Å². The number of rotatable bonds is 3. The van der Waals surface area contributed by atoms with Gasteiger partial charge < -0.3 is 9.47 Å². The van der Waals surface area contributed by atoms with Gasteiger partial charge in [-0.3, -0.25) is 4.79 Å². The van der Waals surface area contributed by atoms with Crippen molar-refractivity contribution < 1.29 is 18.3 Å². The van der Waals surface area contributed by atoms with Gasteiger partial charge in [-0.2, -0.15) is 5.10 Å². The maximum atomic E-state index is 13.2. The number of alkyl halides is 2. The molecule has 0 spiro atoms. The van der Waals surface area contributed by atoms with Crippen molar-refractivity contribution in [2.24, 2.45) is 0 Å². The number of ether oxygens (including phenoxy) is 2. The molecule has 0 atom stereocenters. The zero-order valence-electron chi connectivity index (χ0n) is 11.5. The van der Waals surface area contributed by atoms with E-state index in [4.69, 9.17) is 0 Å². The third kappa shape index (κ3) is 2.32. The summed E-state index contributed by atoms with van der Waals surface area (Å²) in [5.41, 5.74) is 1.000. The van der Waals surface area contributed by atoms with Crippen LogP contribution in [0.4, 0.5) is 8.78 Å². The smallest absolute Gasteiger partial charge is 0.395 e. The van der Waals surface area contributed by atoms with Crippen molar-refractivity contribution in [2.45, 2.75) is 31.6 Å². The number of nitrogens with zero attached hydrogens (tertiary/aromatic N) is 2. The van der Waals surface area contributed by atoms with E-state index in [2.05, 4.69) is 14.6 Å². The molecule has 2 heterocycles. The highest BCUT2D eigenvalue weighted by molar-refractivity contribution is 5.48. The highest BCUT2D eigenvalue weighted by Crippen LogP contribution is 2.43. The number of fused-ring (bicyclic) bond motifs is 1. The molecule has 114 valence electrons. The summed E-state index contributed by atoms with van der Waals surface area (Å²) in [6.07, 6.45) is -1.54. The van der Waals surface area contributed by atoms with Gasteiger partial charge >= 0.3 is 6.29 Å². The Labute approximate surface area is 124 Å². The minimum absolute atomic E-state index is 0.0334. The number of para-hydroxylation sites is 1. The van der Waals surface area contributed by atoms with Crippen molar-refractivity contribution in [1.29, 1.82) is 0 Å². The van der Waals surface area contributed by atoms with Crippen molar-refractivity contribution in [3.8, 4) is 11.5 Å². The first-order valence-corrected chi connectivity index (χ1v) is 6.98. The second-order valence-corrected chi connectivity index (χ2v) is 5.44. The highest BCUT2D eigenvalue weighted by Gasteiger charge is 2.44. The fourth-order valence-electron chi connectivity index (χ4n) is 2.49. The fraction of sp³-hybridized carbons (Fsp3) is 0.333. The average Bonchev–Trinajstić information content (AvgIpc) is 3.24. The molecule has 0 amide bonds. The normalized spacial score (nSPS) is 18.5. The van der Waals surface area contributed by atoms with Crippen LogP contribution in [-0.4, -0.2) is 16.1 Å². The largest absolute Gasteiger partial charge is 0.586 e. The summed E-state index contributed by atoms with van der Waals surface area (Å²) in [4.78, 5) is 11.9. The Morgan fingerprint density at radius 1 is 1.23 bits per heavy atom. The summed E-state index contributed by atoms with van der Waals surface area (Å²) in [5.74, 6) is 0.323. The van der Waals surface area contributed by atoms with E-state index in [0.29, 0.717) is 11.5 Å². The van der Waals surface area contributed by atoms with E-state index in [1.165, 1.54) is 16.8 Å². The quantitative estimate of drug-likeness (QED) is 0.874. The van der Waals surface area contributed by atoms with Crippen LogP contribution in [-0.2, 0) is 6.54 Å². The Hall–Kier alpha value is -2.44. The van der Waals surface area contributed by atoms with Gasteiger partial charge in [-0.1, -0.05) is 12.1 Å². The van der Waals surface area contributed by atoms with E-state index in [-0.39, 0.29) is 23.6 Å². The standard InChI is InChI=1S/C15H12F2N2O3/c16-15(17)21-12-3-1-2-10(14(12)22-15)8-19-13(20)7-6-11(18-19)9-4-5-9/h1-3,6-7,9H,4-5,8H2. The molecule has 1 aliphatic heterocycles. The summed E-state index contributed by atoms with van der Waals surface area (Å²) >= 11 is 0.